The molecule has 1 heterocycles. The number of carboxylic acid groups (broad SMARTS) is 1. The maximum Gasteiger partial charge on any atom is 0.319 e. The minimum Gasteiger partial charge on any atom is -0.480 e. The predicted molar refractivity (Wildman–Crippen MR) is 62.3 cm³/mol. The Labute approximate surface area is 105 Å². The molecule has 18 heavy (non-hydrogen) atoms. The zero-order chi connectivity index (χ0) is 13.4. The van der Waals surface area contributed by atoms with Gasteiger partial charge >= 0.3 is 5.97 Å². The molecule has 0 bridgehead atoms. The molecule has 1 saturated heterocycles. The number of sulfonamides is 1. The average molecular weight is 276 g/mol. The molecular formula is C10H16N2O5S. The summed E-state index contributed by atoms with van der Waals surface area (Å²) in [6.45, 7) is 0.846. The Hall–Kier alpha value is -1.15. The molecule has 0 radical (unpaired) electrons. The minimum absolute atomic E-state index is 0.153. The zero-order valence-corrected chi connectivity index (χ0v) is 10.7. The van der Waals surface area contributed by atoms with Gasteiger partial charge in [-0.15, -0.1) is 0 Å². The van der Waals surface area contributed by atoms with Gasteiger partial charge in [0.25, 0.3) is 0 Å². The van der Waals surface area contributed by atoms with Crippen molar-refractivity contribution in [2.75, 3.05) is 25.4 Å². The molecule has 0 atom stereocenters. The SMILES string of the molecule is O=C(O)C1(C(=O)NCCN2CCCS2(=O)=O)CC1. The lowest BCUT2D eigenvalue weighted by atomic mass is 10.1. The number of rotatable bonds is 5. The maximum atomic E-state index is 11.6. The van der Waals surface area contributed by atoms with Gasteiger partial charge in [-0.3, -0.25) is 9.59 Å². The van der Waals surface area contributed by atoms with Crippen LogP contribution >= 0.6 is 0 Å². The Bertz CT molecular complexity index is 469. The Kier molecular flexibility index (Phi) is 3.33. The fourth-order valence-electron chi connectivity index (χ4n) is 2.07. The molecule has 2 aliphatic rings. The number of carbonyl (C=O) groups excluding carboxylic acids is 1. The van der Waals surface area contributed by atoms with E-state index in [2.05, 4.69) is 5.32 Å². The molecule has 2 fully saturated rings. The first-order valence-electron chi connectivity index (χ1n) is 5.88. The van der Waals surface area contributed by atoms with Gasteiger partial charge < -0.3 is 10.4 Å². The number of carboxylic acids is 1. The molecule has 1 saturated carbocycles. The second-order valence-electron chi connectivity index (χ2n) is 4.71. The predicted octanol–water partition coefficient (Wildman–Crippen LogP) is -0.997. The van der Waals surface area contributed by atoms with Gasteiger partial charge in [0.05, 0.1) is 5.75 Å². The van der Waals surface area contributed by atoms with Crippen LogP contribution in [0.3, 0.4) is 0 Å². The molecule has 2 rings (SSSR count). The van der Waals surface area contributed by atoms with E-state index in [4.69, 9.17) is 5.11 Å². The van der Waals surface area contributed by atoms with E-state index in [9.17, 15) is 18.0 Å². The third-order valence-corrected chi connectivity index (χ3v) is 5.40. The van der Waals surface area contributed by atoms with Crippen LogP contribution in [0.5, 0.6) is 0 Å². The fourth-order valence-corrected chi connectivity index (χ4v) is 3.60. The molecule has 0 spiro atoms. The van der Waals surface area contributed by atoms with Gasteiger partial charge in [-0.1, -0.05) is 0 Å². The lowest BCUT2D eigenvalue weighted by molar-refractivity contribution is -0.149. The number of amides is 1. The Balaban J connectivity index is 1.80. The third-order valence-electron chi connectivity index (χ3n) is 3.44. The lowest BCUT2D eigenvalue weighted by Crippen LogP contribution is -2.41. The largest absolute Gasteiger partial charge is 0.480 e. The van der Waals surface area contributed by atoms with E-state index in [0.29, 0.717) is 25.8 Å². The first kappa shape index (κ1) is 13.3. The van der Waals surface area contributed by atoms with Crippen LogP contribution in [-0.2, 0) is 19.6 Å². The van der Waals surface area contributed by atoms with E-state index < -0.39 is 27.3 Å². The molecule has 8 heteroatoms. The number of nitrogens with one attached hydrogen (secondary N) is 1. The quantitative estimate of drug-likeness (QED) is 0.627. The van der Waals surface area contributed by atoms with Gasteiger partial charge in [0.2, 0.25) is 15.9 Å². The zero-order valence-electron chi connectivity index (χ0n) is 9.89. The second kappa shape index (κ2) is 4.51. The van der Waals surface area contributed by atoms with Crippen LogP contribution in [0.4, 0.5) is 0 Å². The number of hydrogen-bond donors (Lipinski definition) is 2. The second-order valence-corrected chi connectivity index (χ2v) is 6.80. The summed E-state index contributed by atoms with van der Waals surface area (Å²) < 4.78 is 24.3. The lowest BCUT2D eigenvalue weighted by Gasteiger charge is -2.16. The summed E-state index contributed by atoms with van der Waals surface area (Å²) in [4.78, 5) is 22.5. The van der Waals surface area contributed by atoms with E-state index in [1.165, 1.54) is 4.31 Å². The van der Waals surface area contributed by atoms with Crippen molar-refractivity contribution in [1.29, 1.82) is 0 Å². The highest BCUT2D eigenvalue weighted by Gasteiger charge is 2.56. The highest BCUT2D eigenvalue weighted by atomic mass is 32.2. The molecule has 102 valence electrons. The van der Waals surface area contributed by atoms with Crippen LogP contribution < -0.4 is 5.32 Å². The van der Waals surface area contributed by atoms with E-state index in [-0.39, 0.29) is 18.8 Å². The van der Waals surface area contributed by atoms with E-state index in [1.807, 2.05) is 0 Å². The van der Waals surface area contributed by atoms with Crippen molar-refractivity contribution >= 4 is 21.9 Å². The molecule has 0 aromatic heterocycles. The summed E-state index contributed by atoms with van der Waals surface area (Å²) in [5, 5.41) is 11.4. The van der Waals surface area contributed by atoms with Crippen molar-refractivity contribution in [3.05, 3.63) is 0 Å². The summed E-state index contributed by atoms with van der Waals surface area (Å²) in [6.07, 6.45) is 1.32. The van der Waals surface area contributed by atoms with Crippen LogP contribution in [0, 0.1) is 5.41 Å². The molecule has 0 unspecified atom stereocenters. The highest BCUT2D eigenvalue weighted by molar-refractivity contribution is 7.89. The van der Waals surface area contributed by atoms with Gasteiger partial charge in [-0.25, -0.2) is 12.7 Å². The van der Waals surface area contributed by atoms with Gasteiger partial charge in [0.15, 0.2) is 0 Å². The summed E-state index contributed by atoms with van der Waals surface area (Å²) in [5.41, 5.74) is -1.26. The number of hydrogen-bond acceptors (Lipinski definition) is 4. The minimum atomic E-state index is -3.16. The average Bonchev–Trinajstić information content (AvgIpc) is 3.02. The normalized spacial score (nSPS) is 24.7. The maximum absolute atomic E-state index is 11.6. The number of nitrogens with zero attached hydrogens (tertiary/aromatic N) is 1. The Morgan fingerprint density at radius 1 is 1.33 bits per heavy atom. The van der Waals surface area contributed by atoms with Crippen molar-refractivity contribution < 1.29 is 23.1 Å². The molecule has 0 aromatic rings. The van der Waals surface area contributed by atoms with Gasteiger partial charge in [-0.05, 0) is 19.3 Å². The fraction of sp³-hybridized carbons (Fsp3) is 0.800. The van der Waals surface area contributed by atoms with Crippen molar-refractivity contribution in [1.82, 2.24) is 9.62 Å². The van der Waals surface area contributed by atoms with Crippen LogP contribution in [0.1, 0.15) is 19.3 Å². The van der Waals surface area contributed by atoms with Gasteiger partial charge in [-0.2, -0.15) is 0 Å². The number of aliphatic carboxylic acids is 1. The van der Waals surface area contributed by atoms with Crippen LogP contribution in [0.15, 0.2) is 0 Å². The molecule has 0 aromatic carbocycles. The number of carbonyl (C=O) groups is 2. The summed E-state index contributed by atoms with van der Waals surface area (Å²) >= 11 is 0. The van der Waals surface area contributed by atoms with Crippen molar-refractivity contribution in [3.8, 4) is 0 Å². The Morgan fingerprint density at radius 2 is 2.00 bits per heavy atom. The summed E-state index contributed by atoms with van der Waals surface area (Å²) in [7, 11) is -3.16. The van der Waals surface area contributed by atoms with Crippen LogP contribution in [-0.4, -0.2) is 55.1 Å². The first-order valence-corrected chi connectivity index (χ1v) is 7.49. The molecule has 1 amide bonds. The summed E-state index contributed by atoms with van der Waals surface area (Å²) in [6, 6.07) is 0. The highest BCUT2D eigenvalue weighted by Crippen LogP contribution is 2.45. The Morgan fingerprint density at radius 3 is 2.44 bits per heavy atom. The smallest absolute Gasteiger partial charge is 0.319 e. The molecule has 1 aliphatic carbocycles. The van der Waals surface area contributed by atoms with Crippen LogP contribution in [0.25, 0.3) is 0 Å². The van der Waals surface area contributed by atoms with Crippen molar-refractivity contribution in [2.45, 2.75) is 19.3 Å². The first-order chi connectivity index (χ1) is 8.38. The monoisotopic (exact) mass is 276 g/mol. The van der Waals surface area contributed by atoms with Gasteiger partial charge in [0, 0.05) is 19.6 Å². The van der Waals surface area contributed by atoms with E-state index >= 15 is 0 Å². The third kappa shape index (κ3) is 2.35. The molecule has 7 nitrogen and oxygen atoms in total. The van der Waals surface area contributed by atoms with Crippen molar-refractivity contribution in [2.24, 2.45) is 5.41 Å². The van der Waals surface area contributed by atoms with E-state index in [0.717, 1.165) is 0 Å². The molecular weight excluding hydrogens is 260 g/mol. The van der Waals surface area contributed by atoms with E-state index in [1.54, 1.807) is 0 Å². The summed E-state index contributed by atoms with van der Waals surface area (Å²) in [5.74, 6) is -1.46. The molecule has 2 N–H and O–H groups in total. The van der Waals surface area contributed by atoms with Crippen LogP contribution in [0.2, 0.25) is 0 Å². The van der Waals surface area contributed by atoms with Crippen molar-refractivity contribution in [3.63, 3.8) is 0 Å². The topological polar surface area (TPSA) is 104 Å². The standard InChI is InChI=1S/C10H16N2O5S/c13-8(10(2-3-10)9(14)15)11-4-6-12-5-1-7-18(12,16)17/h1-7H2,(H,11,13)(H,14,15). The van der Waals surface area contributed by atoms with Gasteiger partial charge in [0.1, 0.15) is 5.41 Å². The molecule has 1 aliphatic heterocycles.